The van der Waals surface area contributed by atoms with Gasteiger partial charge in [-0.05, 0) is 25.0 Å². The van der Waals surface area contributed by atoms with Crippen LogP contribution in [0.15, 0.2) is 16.6 Å². The maximum absolute atomic E-state index is 13.6. The number of nitrogens with zero attached hydrogens (tertiary/aromatic N) is 3. The normalized spacial score (nSPS) is 10.7. The summed E-state index contributed by atoms with van der Waals surface area (Å²) in [6.07, 6.45) is 1.35. The maximum atomic E-state index is 13.6. The molecule has 0 saturated carbocycles. The van der Waals surface area contributed by atoms with Crippen LogP contribution in [0.5, 0.6) is 11.8 Å². The summed E-state index contributed by atoms with van der Waals surface area (Å²) in [4.78, 5) is 4.16. The molecule has 1 aromatic carbocycles. The van der Waals surface area contributed by atoms with E-state index in [1.807, 2.05) is 13.8 Å². The number of hydrogen-bond donors (Lipinski definition) is 0. The minimum absolute atomic E-state index is 0.101. The molecule has 0 saturated heterocycles. The number of rotatable bonds is 4. The summed E-state index contributed by atoms with van der Waals surface area (Å²) in [6.45, 7) is 3.86. The molecule has 0 unspecified atom stereocenters. The van der Waals surface area contributed by atoms with Crippen LogP contribution in [0.4, 0.5) is 8.78 Å². The second-order valence-electron chi connectivity index (χ2n) is 4.00. The Morgan fingerprint density at radius 3 is 2.45 bits per heavy atom. The molecule has 1 heterocycles. The van der Waals surface area contributed by atoms with Crippen molar-refractivity contribution in [2.24, 2.45) is 0 Å². The van der Waals surface area contributed by atoms with Crippen molar-refractivity contribution in [3.63, 3.8) is 0 Å². The van der Waals surface area contributed by atoms with Crippen LogP contribution in [0, 0.1) is 11.6 Å². The first kappa shape index (κ1) is 14.8. The van der Waals surface area contributed by atoms with E-state index in [0.29, 0.717) is 17.3 Å². The van der Waals surface area contributed by atoms with Crippen LogP contribution in [0.1, 0.15) is 25.2 Å². The summed E-state index contributed by atoms with van der Waals surface area (Å²) < 4.78 is 32.4. The van der Waals surface area contributed by atoms with Gasteiger partial charge in [0.15, 0.2) is 11.6 Å². The van der Waals surface area contributed by atoms with Gasteiger partial charge in [-0.25, -0.2) is 4.39 Å². The maximum Gasteiger partial charge on any atom is 0.341 e. The molecule has 0 radical (unpaired) electrons. The van der Waals surface area contributed by atoms with Crippen LogP contribution in [0.25, 0.3) is 0 Å². The fraction of sp³-hybridized carbons (Fsp3) is 0.308. The zero-order chi connectivity index (χ0) is 14.7. The van der Waals surface area contributed by atoms with Crippen LogP contribution in [-0.4, -0.2) is 15.2 Å². The van der Waals surface area contributed by atoms with E-state index in [9.17, 15) is 8.78 Å². The SMILES string of the molecule is CCc1nnc(Oc2cc(Br)cc(F)c2F)nc1CC. The van der Waals surface area contributed by atoms with Gasteiger partial charge in [0.25, 0.3) is 0 Å². The van der Waals surface area contributed by atoms with E-state index < -0.39 is 11.6 Å². The van der Waals surface area contributed by atoms with Gasteiger partial charge in [-0.15, -0.1) is 5.10 Å². The lowest BCUT2D eigenvalue weighted by atomic mass is 10.2. The third-order valence-corrected chi connectivity index (χ3v) is 3.11. The summed E-state index contributed by atoms with van der Waals surface area (Å²) in [7, 11) is 0. The first-order chi connectivity index (χ1) is 9.55. The number of hydrogen-bond acceptors (Lipinski definition) is 4. The average molecular weight is 344 g/mol. The molecule has 7 heteroatoms. The van der Waals surface area contributed by atoms with E-state index in [2.05, 4.69) is 31.1 Å². The molecule has 0 N–H and O–H groups in total. The van der Waals surface area contributed by atoms with Crippen molar-refractivity contribution in [1.82, 2.24) is 15.2 Å². The summed E-state index contributed by atoms with van der Waals surface area (Å²) >= 11 is 3.07. The van der Waals surface area contributed by atoms with E-state index in [0.717, 1.165) is 17.5 Å². The van der Waals surface area contributed by atoms with Gasteiger partial charge in [-0.3, -0.25) is 0 Å². The highest BCUT2D eigenvalue weighted by Crippen LogP contribution is 2.28. The Labute approximate surface area is 123 Å². The minimum Gasteiger partial charge on any atom is -0.420 e. The molecule has 20 heavy (non-hydrogen) atoms. The molecule has 0 amide bonds. The smallest absolute Gasteiger partial charge is 0.341 e. The Hall–Kier alpha value is -1.63. The molecule has 0 atom stereocenters. The second kappa shape index (κ2) is 6.21. The predicted molar refractivity (Wildman–Crippen MR) is 72.7 cm³/mol. The predicted octanol–water partition coefficient (Wildman–Crippen LogP) is 3.83. The van der Waals surface area contributed by atoms with Crippen LogP contribution < -0.4 is 4.74 Å². The third-order valence-electron chi connectivity index (χ3n) is 2.65. The Morgan fingerprint density at radius 2 is 1.80 bits per heavy atom. The van der Waals surface area contributed by atoms with E-state index in [4.69, 9.17) is 4.74 Å². The van der Waals surface area contributed by atoms with Gasteiger partial charge in [0.2, 0.25) is 5.82 Å². The molecular formula is C13H12BrF2N3O. The fourth-order valence-electron chi connectivity index (χ4n) is 1.67. The molecule has 0 fully saturated rings. The van der Waals surface area contributed by atoms with Gasteiger partial charge < -0.3 is 4.74 Å². The van der Waals surface area contributed by atoms with E-state index in [1.54, 1.807) is 0 Å². The van der Waals surface area contributed by atoms with Gasteiger partial charge in [-0.1, -0.05) is 34.9 Å². The molecule has 2 aromatic rings. The number of ether oxygens (including phenoxy) is 1. The topological polar surface area (TPSA) is 47.9 Å². The van der Waals surface area contributed by atoms with Crippen LogP contribution in [0.2, 0.25) is 0 Å². The van der Waals surface area contributed by atoms with Crippen molar-refractivity contribution < 1.29 is 13.5 Å². The van der Waals surface area contributed by atoms with Crippen LogP contribution in [-0.2, 0) is 12.8 Å². The number of benzene rings is 1. The highest BCUT2D eigenvalue weighted by Gasteiger charge is 2.15. The van der Waals surface area contributed by atoms with Crippen molar-refractivity contribution in [3.8, 4) is 11.8 Å². The Morgan fingerprint density at radius 1 is 1.10 bits per heavy atom. The Balaban J connectivity index is 2.35. The first-order valence-corrected chi connectivity index (χ1v) is 6.89. The summed E-state index contributed by atoms with van der Waals surface area (Å²) in [5.74, 6) is -2.39. The van der Waals surface area contributed by atoms with Crippen molar-refractivity contribution in [1.29, 1.82) is 0 Å². The molecule has 4 nitrogen and oxygen atoms in total. The molecule has 0 bridgehead atoms. The van der Waals surface area contributed by atoms with Crippen molar-refractivity contribution in [2.75, 3.05) is 0 Å². The van der Waals surface area contributed by atoms with Gasteiger partial charge >= 0.3 is 6.01 Å². The molecule has 0 spiro atoms. The lowest BCUT2D eigenvalue weighted by molar-refractivity contribution is 0.385. The van der Waals surface area contributed by atoms with Gasteiger partial charge in [0.05, 0.1) is 11.4 Å². The molecule has 0 aliphatic rings. The van der Waals surface area contributed by atoms with Crippen molar-refractivity contribution in [3.05, 3.63) is 39.6 Å². The second-order valence-corrected chi connectivity index (χ2v) is 4.91. The first-order valence-electron chi connectivity index (χ1n) is 6.10. The molecule has 1 aromatic heterocycles. The number of aryl methyl sites for hydroxylation is 2. The number of aromatic nitrogens is 3. The molecule has 0 aliphatic heterocycles. The Kier molecular flexibility index (Phi) is 4.59. The zero-order valence-corrected chi connectivity index (χ0v) is 12.5. The molecule has 0 aliphatic carbocycles. The quantitative estimate of drug-likeness (QED) is 0.791. The standard InChI is InChI=1S/C13H12BrF2N3O/c1-3-9-10(4-2)18-19-13(17-9)20-11-6-7(14)5-8(15)12(11)16/h5-6H,3-4H2,1-2H3. The minimum atomic E-state index is -1.09. The van der Waals surface area contributed by atoms with E-state index in [-0.39, 0.29) is 11.8 Å². The third kappa shape index (κ3) is 3.09. The van der Waals surface area contributed by atoms with Crippen molar-refractivity contribution >= 4 is 15.9 Å². The summed E-state index contributed by atoms with van der Waals surface area (Å²) in [5.41, 5.74) is 1.49. The highest BCUT2D eigenvalue weighted by atomic mass is 79.9. The number of halogens is 3. The monoisotopic (exact) mass is 343 g/mol. The average Bonchev–Trinajstić information content (AvgIpc) is 2.44. The van der Waals surface area contributed by atoms with Gasteiger partial charge in [0.1, 0.15) is 0 Å². The largest absolute Gasteiger partial charge is 0.420 e. The molecule has 2 rings (SSSR count). The summed E-state index contributed by atoms with van der Waals surface area (Å²) in [5, 5.41) is 7.74. The zero-order valence-electron chi connectivity index (χ0n) is 11.0. The lowest BCUT2D eigenvalue weighted by Crippen LogP contribution is -2.05. The lowest BCUT2D eigenvalue weighted by Gasteiger charge is -2.08. The fourth-order valence-corrected chi connectivity index (χ4v) is 2.08. The van der Waals surface area contributed by atoms with Crippen LogP contribution in [0.3, 0.4) is 0 Å². The molecule has 106 valence electrons. The van der Waals surface area contributed by atoms with E-state index in [1.165, 1.54) is 6.07 Å². The van der Waals surface area contributed by atoms with Crippen molar-refractivity contribution in [2.45, 2.75) is 26.7 Å². The van der Waals surface area contributed by atoms with Gasteiger partial charge in [0, 0.05) is 4.47 Å². The summed E-state index contributed by atoms with van der Waals surface area (Å²) in [6, 6.07) is 2.22. The Bertz CT molecular complexity index is 637. The van der Waals surface area contributed by atoms with Gasteiger partial charge in [-0.2, -0.15) is 9.37 Å². The molecular weight excluding hydrogens is 332 g/mol. The highest BCUT2D eigenvalue weighted by molar-refractivity contribution is 9.10. The van der Waals surface area contributed by atoms with E-state index >= 15 is 0 Å². The van der Waals surface area contributed by atoms with Crippen LogP contribution >= 0.6 is 15.9 Å².